The van der Waals surface area contributed by atoms with Crippen molar-refractivity contribution in [2.75, 3.05) is 0 Å². The summed E-state index contributed by atoms with van der Waals surface area (Å²) in [6.07, 6.45) is 0. The summed E-state index contributed by atoms with van der Waals surface area (Å²) >= 11 is 2.09. The first-order valence-corrected chi connectivity index (χ1v) is 4.32. The molecule has 0 saturated carbocycles. The SMILES string of the molecule is On1c(I)cc2ccccc21. The van der Waals surface area contributed by atoms with E-state index < -0.39 is 0 Å². The molecule has 0 unspecified atom stereocenters. The Hall–Kier alpha value is -0.710. The van der Waals surface area contributed by atoms with Gasteiger partial charge in [0, 0.05) is 5.39 Å². The van der Waals surface area contributed by atoms with Gasteiger partial charge in [-0.3, -0.25) is 0 Å². The molecule has 3 heteroatoms. The van der Waals surface area contributed by atoms with Crippen molar-refractivity contribution in [2.24, 2.45) is 0 Å². The van der Waals surface area contributed by atoms with Crippen LogP contribution < -0.4 is 0 Å². The van der Waals surface area contributed by atoms with Gasteiger partial charge in [-0.25, -0.2) is 0 Å². The van der Waals surface area contributed by atoms with Crippen LogP contribution in [0.2, 0.25) is 0 Å². The van der Waals surface area contributed by atoms with E-state index in [-0.39, 0.29) is 0 Å². The summed E-state index contributed by atoms with van der Waals surface area (Å²) in [4.78, 5) is 0. The fraction of sp³-hybridized carbons (Fsp3) is 0. The lowest BCUT2D eigenvalue weighted by molar-refractivity contribution is 0.193. The molecule has 0 bridgehead atoms. The average molecular weight is 259 g/mol. The zero-order valence-corrected chi connectivity index (χ0v) is 7.82. The average Bonchev–Trinajstić information content (AvgIpc) is 2.30. The highest BCUT2D eigenvalue weighted by Crippen LogP contribution is 2.18. The second-order valence-electron chi connectivity index (χ2n) is 2.34. The fourth-order valence-electron chi connectivity index (χ4n) is 1.11. The highest BCUT2D eigenvalue weighted by atomic mass is 127. The summed E-state index contributed by atoms with van der Waals surface area (Å²) in [5.41, 5.74) is 0.858. The third-order valence-corrected chi connectivity index (χ3v) is 2.41. The Morgan fingerprint density at radius 3 is 2.73 bits per heavy atom. The van der Waals surface area contributed by atoms with E-state index in [2.05, 4.69) is 22.6 Å². The molecule has 11 heavy (non-hydrogen) atoms. The molecule has 2 aromatic rings. The minimum atomic E-state index is 0.837. The van der Waals surface area contributed by atoms with Crippen molar-refractivity contribution in [3.8, 4) is 0 Å². The Labute approximate surface area is 77.5 Å². The smallest absolute Gasteiger partial charge is 0.118 e. The maximum atomic E-state index is 9.41. The van der Waals surface area contributed by atoms with Crippen LogP contribution in [0, 0.1) is 3.70 Å². The zero-order chi connectivity index (χ0) is 7.84. The van der Waals surface area contributed by atoms with E-state index in [1.165, 1.54) is 4.73 Å². The van der Waals surface area contributed by atoms with Crippen LogP contribution in [0.3, 0.4) is 0 Å². The van der Waals surface area contributed by atoms with E-state index in [0.29, 0.717) is 0 Å². The maximum absolute atomic E-state index is 9.41. The quantitative estimate of drug-likeness (QED) is 0.570. The monoisotopic (exact) mass is 259 g/mol. The summed E-state index contributed by atoms with van der Waals surface area (Å²) in [5, 5.41) is 10.5. The second-order valence-corrected chi connectivity index (χ2v) is 3.44. The van der Waals surface area contributed by atoms with E-state index in [1.807, 2.05) is 30.3 Å². The third kappa shape index (κ3) is 0.994. The molecule has 2 rings (SSSR count). The van der Waals surface area contributed by atoms with Crippen molar-refractivity contribution in [1.29, 1.82) is 0 Å². The normalized spacial score (nSPS) is 10.6. The van der Waals surface area contributed by atoms with Gasteiger partial charge < -0.3 is 5.21 Å². The van der Waals surface area contributed by atoms with E-state index >= 15 is 0 Å². The first-order valence-electron chi connectivity index (χ1n) is 3.24. The van der Waals surface area contributed by atoms with Crippen molar-refractivity contribution in [2.45, 2.75) is 0 Å². The summed E-state index contributed by atoms with van der Waals surface area (Å²) in [7, 11) is 0. The lowest BCUT2D eigenvalue weighted by atomic mass is 10.3. The molecule has 0 atom stereocenters. The molecule has 56 valence electrons. The van der Waals surface area contributed by atoms with Gasteiger partial charge >= 0.3 is 0 Å². The van der Waals surface area contributed by atoms with Gasteiger partial charge in [0.25, 0.3) is 0 Å². The van der Waals surface area contributed by atoms with E-state index in [1.54, 1.807) is 0 Å². The molecule has 1 aromatic heterocycles. The van der Waals surface area contributed by atoms with E-state index in [4.69, 9.17) is 0 Å². The highest BCUT2D eigenvalue weighted by molar-refractivity contribution is 14.1. The standard InChI is InChI=1S/C8H6INO/c9-8-5-6-3-1-2-4-7(6)10(8)11/h1-5,11H. The molecular weight excluding hydrogens is 253 g/mol. The van der Waals surface area contributed by atoms with Crippen LogP contribution in [0.5, 0.6) is 0 Å². The Morgan fingerprint density at radius 1 is 1.27 bits per heavy atom. The van der Waals surface area contributed by atoms with Gasteiger partial charge in [-0.15, -0.1) is 0 Å². The van der Waals surface area contributed by atoms with Crippen LogP contribution in [-0.2, 0) is 0 Å². The van der Waals surface area contributed by atoms with Crippen molar-refractivity contribution >= 4 is 33.5 Å². The molecule has 0 spiro atoms. The molecule has 1 N–H and O–H groups in total. The Bertz CT molecular complexity index is 394. The van der Waals surface area contributed by atoms with Crippen molar-refractivity contribution in [3.05, 3.63) is 34.0 Å². The van der Waals surface area contributed by atoms with Crippen LogP contribution in [0.15, 0.2) is 30.3 Å². The summed E-state index contributed by atoms with van der Waals surface area (Å²) < 4.78 is 2.03. The van der Waals surface area contributed by atoms with Gasteiger partial charge in [0.15, 0.2) is 0 Å². The van der Waals surface area contributed by atoms with Gasteiger partial charge in [0.1, 0.15) is 3.70 Å². The first kappa shape index (κ1) is 6.97. The molecule has 0 amide bonds. The molecule has 0 aliphatic carbocycles. The number of nitrogens with zero attached hydrogens (tertiary/aromatic N) is 1. The molecule has 0 aliphatic heterocycles. The number of hydrogen-bond acceptors (Lipinski definition) is 1. The largest absolute Gasteiger partial charge is 0.427 e. The topological polar surface area (TPSA) is 25.2 Å². The number of para-hydroxylation sites is 1. The molecule has 0 aliphatic rings. The van der Waals surface area contributed by atoms with Gasteiger partial charge in [-0.1, -0.05) is 18.2 Å². The third-order valence-electron chi connectivity index (χ3n) is 1.64. The maximum Gasteiger partial charge on any atom is 0.118 e. The molecular formula is C8H6INO. The number of fused-ring (bicyclic) bond motifs is 1. The molecule has 1 heterocycles. The Morgan fingerprint density at radius 2 is 2.00 bits per heavy atom. The number of rotatable bonds is 0. The fourth-order valence-corrected chi connectivity index (χ4v) is 1.70. The van der Waals surface area contributed by atoms with Crippen LogP contribution in [0.1, 0.15) is 0 Å². The van der Waals surface area contributed by atoms with Crippen molar-refractivity contribution < 1.29 is 5.21 Å². The summed E-state index contributed by atoms with van der Waals surface area (Å²) in [5.74, 6) is 0. The van der Waals surface area contributed by atoms with Crippen LogP contribution in [0.25, 0.3) is 10.9 Å². The number of halogens is 1. The first-order chi connectivity index (χ1) is 5.29. The predicted molar refractivity (Wildman–Crippen MR) is 51.8 cm³/mol. The Balaban J connectivity index is 2.92. The van der Waals surface area contributed by atoms with Gasteiger partial charge in [-0.05, 0) is 34.7 Å². The lowest BCUT2D eigenvalue weighted by Crippen LogP contribution is -1.90. The van der Waals surface area contributed by atoms with Gasteiger partial charge in [-0.2, -0.15) is 4.73 Å². The van der Waals surface area contributed by atoms with E-state index in [9.17, 15) is 5.21 Å². The number of hydrogen-bond donors (Lipinski definition) is 1. The minimum absolute atomic E-state index is 0.837. The number of aromatic nitrogens is 1. The minimum Gasteiger partial charge on any atom is -0.427 e. The van der Waals surface area contributed by atoms with Crippen LogP contribution in [-0.4, -0.2) is 9.94 Å². The lowest BCUT2D eigenvalue weighted by Gasteiger charge is -1.93. The van der Waals surface area contributed by atoms with Crippen molar-refractivity contribution in [1.82, 2.24) is 4.73 Å². The van der Waals surface area contributed by atoms with E-state index in [0.717, 1.165) is 14.6 Å². The molecule has 2 nitrogen and oxygen atoms in total. The van der Waals surface area contributed by atoms with Gasteiger partial charge in [0.2, 0.25) is 0 Å². The predicted octanol–water partition coefficient (Wildman–Crippen LogP) is 2.48. The summed E-state index contributed by atoms with van der Waals surface area (Å²) in [6, 6.07) is 9.67. The second kappa shape index (κ2) is 2.41. The Kier molecular flexibility index (Phi) is 1.52. The van der Waals surface area contributed by atoms with Gasteiger partial charge in [0.05, 0.1) is 5.52 Å². The van der Waals surface area contributed by atoms with Crippen LogP contribution in [0.4, 0.5) is 0 Å². The van der Waals surface area contributed by atoms with Crippen molar-refractivity contribution in [3.63, 3.8) is 0 Å². The molecule has 1 aromatic carbocycles. The molecule has 0 radical (unpaired) electrons. The molecule has 0 fully saturated rings. The molecule has 0 saturated heterocycles. The summed E-state index contributed by atoms with van der Waals surface area (Å²) in [6.45, 7) is 0. The zero-order valence-electron chi connectivity index (χ0n) is 5.66. The number of benzene rings is 1. The highest BCUT2D eigenvalue weighted by Gasteiger charge is 2.02. The van der Waals surface area contributed by atoms with Crippen LogP contribution >= 0.6 is 22.6 Å².